The Kier molecular flexibility index (Phi) is 10.9. The molecule has 272 valence electrons. The molecule has 1 amide bonds. The van der Waals surface area contributed by atoms with Gasteiger partial charge in [0.25, 0.3) is 5.92 Å². The average Bonchev–Trinajstić information content (AvgIpc) is 3.63. The van der Waals surface area contributed by atoms with Crippen LogP contribution in [0.1, 0.15) is 41.8 Å². The van der Waals surface area contributed by atoms with Gasteiger partial charge in [-0.1, -0.05) is 12.1 Å². The van der Waals surface area contributed by atoms with Crippen molar-refractivity contribution in [1.82, 2.24) is 29.5 Å². The van der Waals surface area contributed by atoms with Gasteiger partial charge in [-0.3, -0.25) is 19.4 Å². The van der Waals surface area contributed by atoms with Crippen LogP contribution in [-0.4, -0.2) is 121 Å². The Hall–Kier alpha value is -3.15. The summed E-state index contributed by atoms with van der Waals surface area (Å²) >= 11 is 0.945. The SMILES string of the molecule is O=C(CO)N1CCc2c(c(-c3ccc(C(F)(F)F)c(SCCN4CCC(F)(F)C4)c3)nn2CC(O)CN2CCC(O)(c3ccccn3)CC2)C1. The van der Waals surface area contributed by atoms with Crippen LogP contribution in [0.5, 0.6) is 0 Å². The van der Waals surface area contributed by atoms with Gasteiger partial charge in [0.05, 0.1) is 36.1 Å². The van der Waals surface area contributed by atoms with E-state index in [2.05, 4.69) is 9.88 Å². The number of nitrogens with zero attached hydrogens (tertiary/aromatic N) is 6. The van der Waals surface area contributed by atoms with Gasteiger partial charge in [0.15, 0.2) is 0 Å². The van der Waals surface area contributed by atoms with Crippen LogP contribution in [0, 0.1) is 0 Å². The second kappa shape index (κ2) is 14.8. The highest BCUT2D eigenvalue weighted by atomic mass is 32.2. The van der Waals surface area contributed by atoms with Crippen LogP contribution in [-0.2, 0) is 36.1 Å². The summed E-state index contributed by atoms with van der Waals surface area (Å²) in [6.07, 6.45) is -2.86. The highest BCUT2D eigenvalue weighted by Crippen LogP contribution is 2.41. The molecule has 1 aromatic carbocycles. The largest absolute Gasteiger partial charge is 0.417 e. The molecule has 0 spiro atoms. The van der Waals surface area contributed by atoms with E-state index in [0.717, 1.165) is 23.5 Å². The van der Waals surface area contributed by atoms with Gasteiger partial charge in [0, 0.05) is 92.3 Å². The number of likely N-dealkylation sites (tertiary alicyclic amines) is 2. The van der Waals surface area contributed by atoms with E-state index in [1.165, 1.54) is 17.0 Å². The molecule has 0 bridgehead atoms. The van der Waals surface area contributed by atoms with E-state index in [1.54, 1.807) is 27.9 Å². The number of aliphatic hydroxyl groups excluding tert-OH is 2. The molecule has 5 heterocycles. The summed E-state index contributed by atoms with van der Waals surface area (Å²) < 4.78 is 71.2. The lowest BCUT2D eigenvalue weighted by Crippen LogP contribution is -2.46. The number of hydrogen-bond acceptors (Lipinski definition) is 9. The fourth-order valence-electron chi connectivity index (χ4n) is 7.05. The summed E-state index contributed by atoms with van der Waals surface area (Å²) in [6.45, 7) is 1.16. The number of rotatable bonds is 11. The van der Waals surface area contributed by atoms with Crippen molar-refractivity contribution in [3.8, 4) is 11.3 Å². The van der Waals surface area contributed by atoms with Gasteiger partial charge < -0.3 is 25.1 Å². The summed E-state index contributed by atoms with van der Waals surface area (Å²) in [5, 5.41) is 36.6. The van der Waals surface area contributed by atoms with Crippen molar-refractivity contribution in [1.29, 1.82) is 0 Å². The van der Waals surface area contributed by atoms with Crippen LogP contribution in [0.3, 0.4) is 0 Å². The number of alkyl halides is 5. The third kappa shape index (κ3) is 8.31. The van der Waals surface area contributed by atoms with Crippen molar-refractivity contribution in [3.05, 3.63) is 65.1 Å². The molecule has 0 saturated carbocycles. The number of thioether (sulfide) groups is 1. The van der Waals surface area contributed by atoms with Crippen molar-refractivity contribution in [2.75, 3.05) is 58.2 Å². The number of carbonyl (C=O) groups is 1. The van der Waals surface area contributed by atoms with Crippen LogP contribution < -0.4 is 0 Å². The average molecular weight is 725 g/mol. The number of pyridine rings is 1. The Balaban J connectivity index is 1.21. The Morgan fingerprint density at radius 3 is 2.44 bits per heavy atom. The van der Waals surface area contributed by atoms with Crippen molar-refractivity contribution < 1.29 is 42.1 Å². The van der Waals surface area contributed by atoms with Crippen LogP contribution in [0.4, 0.5) is 22.0 Å². The highest BCUT2D eigenvalue weighted by molar-refractivity contribution is 7.99. The number of fused-ring (bicyclic) bond motifs is 1. The van der Waals surface area contributed by atoms with Gasteiger partial charge in [-0.15, -0.1) is 11.8 Å². The first-order chi connectivity index (χ1) is 23.7. The van der Waals surface area contributed by atoms with E-state index >= 15 is 0 Å². The summed E-state index contributed by atoms with van der Waals surface area (Å²) in [5.41, 5.74) is 0.864. The van der Waals surface area contributed by atoms with Gasteiger partial charge in [-0.2, -0.15) is 18.3 Å². The number of aliphatic hydroxyl groups is 3. The smallest absolute Gasteiger partial charge is 0.390 e. The van der Waals surface area contributed by atoms with Crippen LogP contribution in [0.2, 0.25) is 0 Å². The third-order valence-corrected chi connectivity index (χ3v) is 10.8. The Bertz CT molecular complexity index is 1650. The number of halogens is 5. The Morgan fingerprint density at radius 1 is 1.02 bits per heavy atom. The predicted molar refractivity (Wildman–Crippen MR) is 175 cm³/mol. The maximum Gasteiger partial charge on any atom is 0.417 e. The molecular weight excluding hydrogens is 683 g/mol. The quantitative estimate of drug-likeness (QED) is 0.202. The minimum absolute atomic E-state index is 0.0563. The molecule has 2 fully saturated rings. The molecule has 0 aliphatic carbocycles. The van der Waals surface area contributed by atoms with E-state index in [0.29, 0.717) is 68.0 Å². The molecule has 50 heavy (non-hydrogen) atoms. The van der Waals surface area contributed by atoms with Crippen LogP contribution in [0.15, 0.2) is 47.5 Å². The zero-order chi connectivity index (χ0) is 35.7. The maximum absolute atomic E-state index is 14.1. The molecule has 3 aromatic rings. The van der Waals surface area contributed by atoms with Crippen molar-refractivity contribution in [2.24, 2.45) is 0 Å². The lowest BCUT2D eigenvalue weighted by Gasteiger charge is -2.38. The highest BCUT2D eigenvalue weighted by Gasteiger charge is 2.39. The molecule has 3 N–H and O–H groups in total. The zero-order valence-electron chi connectivity index (χ0n) is 27.5. The monoisotopic (exact) mass is 724 g/mol. The van der Waals surface area contributed by atoms with E-state index in [1.807, 2.05) is 6.07 Å². The molecule has 1 atom stereocenters. The number of β-amino-alcohol motifs (C(OH)–C–C–N with tert-alkyl or cyclic N) is 1. The normalized spacial score (nSPS) is 20.2. The maximum atomic E-state index is 14.1. The van der Waals surface area contributed by atoms with Gasteiger partial charge in [-0.25, -0.2) is 8.78 Å². The number of amides is 1. The van der Waals surface area contributed by atoms with E-state index < -0.39 is 48.4 Å². The molecular formula is C34H41F5N6O4S. The Morgan fingerprint density at radius 2 is 1.78 bits per heavy atom. The molecule has 3 aliphatic rings. The first-order valence-corrected chi connectivity index (χ1v) is 17.7. The summed E-state index contributed by atoms with van der Waals surface area (Å²) in [6, 6.07) is 9.15. The van der Waals surface area contributed by atoms with Crippen molar-refractivity contribution in [3.63, 3.8) is 0 Å². The third-order valence-electron chi connectivity index (χ3n) is 9.77. The van der Waals surface area contributed by atoms with Crippen LogP contribution in [0.25, 0.3) is 11.3 Å². The number of hydrogen-bond donors (Lipinski definition) is 3. The number of piperidine rings is 1. The molecule has 1 unspecified atom stereocenters. The van der Waals surface area contributed by atoms with Gasteiger partial charge in [-0.05, 0) is 37.1 Å². The van der Waals surface area contributed by atoms with Gasteiger partial charge in [0.1, 0.15) is 12.2 Å². The fourth-order valence-corrected chi connectivity index (χ4v) is 8.17. The number of benzene rings is 1. The van der Waals surface area contributed by atoms with Gasteiger partial charge >= 0.3 is 6.18 Å². The minimum atomic E-state index is -4.64. The fraction of sp³-hybridized carbons (Fsp3) is 0.559. The molecule has 10 nitrogen and oxygen atoms in total. The molecule has 16 heteroatoms. The first kappa shape index (κ1) is 36.6. The Labute approximate surface area is 290 Å². The number of carbonyl (C=O) groups excluding carboxylic acids is 1. The predicted octanol–water partition coefficient (Wildman–Crippen LogP) is 3.62. The van der Waals surface area contributed by atoms with E-state index in [-0.39, 0.29) is 43.2 Å². The summed E-state index contributed by atoms with van der Waals surface area (Å²) in [7, 11) is 0. The topological polar surface area (TPSA) is 118 Å². The molecule has 2 saturated heterocycles. The van der Waals surface area contributed by atoms with Crippen molar-refractivity contribution >= 4 is 17.7 Å². The standard InChI is InChI=1S/C34H41F5N6O4S/c35-33(36)9-14-43(22-33)15-16-50-28-17-23(4-5-26(28)34(37,38)39)31-25-20-44(30(48)21-46)11-6-27(25)45(41-31)19-24(47)18-42-12-7-32(49,8-13-42)29-3-1-2-10-40-29/h1-5,10,17,24,46-47,49H,6-9,11-16,18-22H2. The van der Waals surface area contributed by atoms with Crippen LogP contribution >= 0.6 is 11.8 Å². The van der Waals surface area contributed by atoms with Crippen molar-refractivity contribution in [2.45, 2.75) is 67.5 Å². The molecule has 2 aromatic heterocycles. The zero-order valence-corrected chi connectivity index (χ0v) is 28.3. The first-order valence-electron chi connectivity index (χ1n) is 16.7. The van der Waals surface area contributed by atoms with E-state index in [4.69, 9.17) is 5.10 Å². The molecule has 6 rings (SSSR count). The molecule has 0 radical (unpaired) electrons. The van der Waals surface area contributed by atoms with E-state index in [9.17, 15) is 42.1 Å². The summed E-state index contributed by atoms with van der Waals surface area (Å²) in [4.78, 5) is 21.8. The second-order valence-electron chi connectivity index (χ2n) is 13.3. The minimum Gasteiger partial charge on any atom is -0.390 e. The second-order valence-corrected chi connectivity index (χ2v) is 14.5. The molecule has 3 aliphatic heterocycles. The lowest BCUT2D eigenvalue weighted by atomic mass is 9.87. The van der Waals surface area contributed by atoms with Gasteiger partial charge in [0.2, 0.25) is 5.91 Å². The number of aromatic nitrogens is 3. The summed E-state index contributed by atoms with van der Waals surface area (Å²) in [5.74, 6) is -3.10. The lowest BCUT2D eigenvalue weighted by molar-refractivity contribution is -0.139.